The summed E-state index contributed by atoms with van der Waals surface area (Å²) in [6, 6.07) is 67.9. The van der Waals surface area contributed by atoms with Crippen molar-refractivity contribution in [1.82, 2.24) is 70.5 Å². The van der Waals surface area contributed by atoms with Crippen LogP contribution in [0.1, 0.15) is 235 Å². The van der Waals surface area contributed by atoms with Crippen molar-refractivity contribution in [3.05, 3.63) is 394 Å². The molecule has 1 N–H and O–H groups in total. The van der Waals surface area contributed by atoms with Crippen LogP contribution in [0.3, 0.4) is 0 Å². The summed E-state index contributed by atoms with van der Waals surface area (Å²) in [6.07, 6.45) is 57.8. The molecule has 0 saturated carbocycles. The Labute approximate surface area is 781 Å². The normalized spacial score (nSPS) is 9.71. The van der Waals surface area contributed by atoms with Crippen molar-refractivity contribution < 1.29 is 0 Å². The van der Waals surface area contributed by atoms with Crippen molar-refractivity contribution in [1.29, 1.82) is 0 Å². The van der Waals surface area contributed by atoms with Crippen LogP contribution in [0.25, 0.3) is 38.9 Å². The number of fused-ring (bicyclic) bond motifs is 6. The molecule has 12 heterocycles. The van der Waals surface area contributed by atoms with Gasteiger partial charge >= 0.3 is 0 Å². The molecule has 0 amide bonds. The van der Waals surface area contributed by atoms with Gasteiger partial charge in [0.15, 0.2) is 0 Å². The van der Waals surface area contributed by atoms with Gasteiger partial charge in [-0.2, -0.15) is 35.8 Å². The fourth-order valence-electron chi connectivity index (χ4n) is 8.35. The van der Waals surface area contributed by atoms with Gasteiger partial charge in [0.25, 0.3) is 0 Å². The van der Waals surface area contributed by atoms with Crippen LogP contribution >= 0.6 is 0 Å². The molecule has 129 heavy (non-hydrogen) atoms. The SMILES string of the molecule is C1=CCC=C1.C1=CCN=C1.C1=CN=CC1.C1=Cc2ccccc2C1.C1=NCc2ccccc21.CC.CC.CC.CC.CC.CC.CC.CC.CC.CC.CC.CC.CC.CC.c1ccc2c(c1)CN=N2.c1ccc2ncccc2c1.c1ccc2ncccc2c1.c1ccc2nccnc2c1.c1ccncc1.c1ccnnc1.c1cn[nH]n1.c1cnccn1.c1cncnc1. The van der Waals surface area contributed by atoms with Crippen LogP contribution in [0.5, 0.6) is 0 Å². The summed E-state index contributed by atoms with van der Waals surface area (Å²) < 4.78 is 0. The number of hydrogen-bond donors (Lipinski definition) is 1. The third kappa shape index (κ3) is 78.8. The number of hydrogen-bond acceptors (Lipinski definition) is 18. The first-order valence-electron chi connectivity index (χ1n) is 46.2. The van der Waals surface area contributed by atoms with E-state index in [4.69, 9.17) is 0 Å². The van der Waals surface area contributed by atoms with E-state index in [1.807, 2.05) is 370 Å². The third-order valence-corrected chi connectivity index (χ3v) is 13.1. The second kappa shape index (κ2) is 118. The highest BCUT2D eigenvalue weighted by Gasteiger charge is 2.04. The summed E-state index contributed by atoms with van der Waals surface area (Å²) in [7, 11) is 0. The fraction of sp³-hybridized carbons (Fsp3) is 0.309. The Bertz CT molecular complexity index is 3860. The van der Waals surface area contributed by atoms with Crippen LogP contribution < -0.4 is 0 Å². The molecule has 14 aromatic rings. The van der Waals surface area contributed by atoms with E-state index in [2.05, 4.69) is 199 Å². The molecule has 8 aromatic heterocycles. The zero-order valence-electron chi connectivity index (χ0n) is 83.7. The van der Waals surface area contributed by atoms with Gasteiger partial charge in [-0.05, 0) is 114 Å². The van der Waals surface area contributed by atoms with Crippen molar-refractivity contribution in [3.63, 3.8) is 0 Å². The molecule has 0 bridgehead atoms. The van der Waals surface area contributed by atoms with Gasteiger partial charge in [0.1, 0.15) is 6.33 Å². The summed E-state index contributed by atoms with van der Waals surface area (Å²) in [5.41, 5.74) is 11.7. The summed E-state index contributed by atoms with van der Waals surface area (Å²) in [5, 5.41) is 26.6. The number of benzene rings is 6. The van der Waals surface area contributed by atoms with Crippen molar-refractivity contribution in [3.8, 4) is 0 Å². The van der Waals surface area contributed by atoms with Gasteiger partial charge in [-0.3, -0.25) is 49.9 Å². The van der Waals surface area contributed by atoms with E-state index in [0.29, 0.717) is 0 Å². The number of pyridine rings is 3. The fourth-order valence-corrected chi connectivity index (χ4v) is 8.35. The van der Waals surface area contributed by atoms with Crippen molar-refractivity contribution >= 4 is 63.2 Å². The van der Waals surface area contributed by atoms with E-state index in [1.165, 1.54) is 44.9 Å². The number of azo groups is 1. The van der Waals surface area contributed by atoms with Crippen molar-refractivity contribution in [2.24, 2.45) is 25.2 Å². The van der Waals surface area contributed by atoms with Crippen LogP contribution in [0.15, 0.2) is 392 Å². The Hall–Kier alpha value is -13.7. The average molecular weight is 1750 g/mol. The number of aliphatic imine (C=N–C) groups is 3. The van der Waals surface area contributed by atoms with E-state index in [1.54, 1.807) is 105 Å². The minimum absolute atomic E-state index is 0.760. The van der Waals surface area contributed by atoms with E-state index >= 15 is 0 Å². The second-order valence-electron chi connectivity index (χ2n) is 20.3. The quantitative estimate of drug-likeness (QED) is 0.149. The number of rotatable bonds is 0. The van der Waals surface area contributed by atoms with Crippen LogP contribution in [0, 0.1) is 0 Å². The Balaban J connectivity index is -0.000000200. The zero-order chi connectivity index (χ0) is 97.9. The number of aromatic nitrogens is 14. The van der Waals surface area contributed by atoms with Gasteiger partial charge in [0.2, 0.25) is 0 Å². The van der Waals surface area contributed by atoms with E-state index < -0.39 is 0 Å². The molecule has 19 heteroatoms. The standard InChI is InChI=1S/2C9H7N.C9H8.C8H6N2.C8H7N.C7H6N2.C5H5N.C5H6.3C4H4N2.2C4H5N.C2H3N3.14C2H6/c2*1-2-6-9-8(4-1)5-3-7-10-9;1-2-5-9-7-3-6-8(9)4-1;1-2-4-8-7(3-1)9-5-6-10-8;1-2-4-8-6-9-5-7(8)3-1;1-2-4-7-6(3-1)5-8-9-7;1-2-4-6-5-3-1;1-2-4-5-3-1;1-2-6-4-3-5-1;1-2-5-4-6-3-1;1-2-4-6-5-3-1;3*1-2-4-5-3-1;14*1-2/h2*1-7H;1-6H,7H2;1-6H;1-5H,6H2;1-4H,5H2;1-5H;1-4H,5H2;3*1-4H;1,3-4H,2H2;1-3H,4H2;1-2H,(H,3,4,5);14*1-2H3. The van der Waals surface area contributed by atoms with Gasteiger partial charge in [0.05, 0.1) is 59.8 Å². The Kier molecular flexibility index (Phi) is 120. The second-order valence-corrected chi connectivity index (χ2v) is 20.3. The molecule has 19 nitrogen and oxygen atoms in total. The van der Waals surface area contributed by atoms with E-state index in [9.17, 15) is 0 Å². The summed E-state index contributed by atoms with van der Waals surface area (Å²) >= 11 is 0. The molecule has 0 saturated heterocycles. The highest BCUT2D eigenvalue weighted by molar-refractivity contribution is 5.84. The molecule has 0 spiro atoms. The number of para-hydroxylation sites is 4. The van der Waals surface area contributed by atoms with Gasteiger partial charge < -0.3 is 0 Å². The first-order valence-corrected chi connectivity index (χ1v) is 46.2. The Morgan fingerprint density at radius 2 is 0.698 bits per heavy atom. The maximum absolute atomic E-state index is 4.18. The topological polar surface area (TPSA) is 245 Å². The van der Waals surface area contributed by atoms with Crippen molar-refractivity contribution in [2.45, 2.75) is 226 Å². The molecule has 0 atom stereocenters. The monoisotopic (exact) mass is 1750 g/mol. The summed E-state index contributed by atoms with van der Waals surface area (Å²) in [5.74, 6) is 0. The average Bonchev–Trinajstić information content (AvgIpc) is 1.34. The largest absolute Gasteiger partial charge is 0.289 e. The highest BCUT2D eigenvalue weighted by Crippen LogP contribution is 2.25. The molecule has 4 aliphatic heterocycles. The van der Waals surface area contributed by atoms with Crippen LogP contribution in [0.2, 0.25) is 0 Å². The first kappa shape index (κ1) is 131. The lowest BCUT2D eigenvalue weighted by Crippen LogP contribution is -1.79. The number of nitrogens with one attached hydrogen (secondary N) is 1. The first-order chi connectivity index (χ1) is 64.3. The van der Waals surface area contributed by atoms with Crippen LogP contribution in [0.4, 0.5) is 5.69 Å². The lowest BCUT2D eigenvalue weighted by molar-refractivity contribution is 0.940. The van der Waals surface area contributed by atoms with Gasteiger partial charge in [0, 0.05) is 134 Å². The molecular weight excluding hydrogens is 1590 g/mol. The molecule has 6 aromatic carbocycles. The number of aromatic amines is 1. The smallest absolute Gasteiger partial charge is 0.115 e. The minimum Gasteiger partial charge on any atom is -0.289 e. The molecule has 0 unspecified atom stereocenters. The molecule has 6 aliphatic rings. The van der Waals surface area contributed by atoms with E-state index in [0.717, 1.165) is 66.7 Å². The van der Waals surface area contributed by atoms with Gasteiger partial charge in [-0.15, -0.1) is 0 Å². The molecule has 0 radical (unpaired) electrons. The Morgan fingerprint density at radius 3 is 1.02 bits per heavy atom. The number of nitrogens with zero attached hydrogens (tertiary/aromatic N) is 18. The molecular formula is C110H161N19. The number of allylic oxidation sites excluding steroid dienone is 7. The minimum atomic E-state index is 0.760. The molecule has 696 valence electrons. The number of H-pyrrole nitrogens is 1. The third-order valence-electron chi connectivity index (χ3n) is 13.1. The predicted octanol–water partition coefficient (Wildman–Crippen LogP) is 32.0. The highest BCUT2D eigenvalue weighted by atomic mass is 15.3. The molecule has 0 fully saturated rings. The van der Waals surface area contributed by atoms with Gasteiger partial charge in [-0.25, -0.2) is 9.97 Å². The maximum Gasteiger partial charge on any atom is 0.115 e. The molecule has 20 rings (SSSR count). The lowest BCUT2D eigenvalue weighted by atomic mass is 10.1. The lowest BCUT2D eigenvalue weighted by Gasteiger charge is -1.93. The summed E-state index contributed by atoms with van der Waals surface area (Å²) in [6.45, 7) is 58.5. The van der Waals surface area contributed by atoms with Crippen LogP contribution in [-0.2, 0) is 19.5 Å². The molecule has 2 aliphatic carbocycles. The maximum atomic E-state index is 4.18. The van der Waals surface area contributed by atoms with Crippen LogP contribution in [-0.4, -0.2) is 95.7 Å². The van der Waals surface area contributed by atoms with E-state index in [-0.39, 0.29) is 0 Å². The van der Waals surface area contributed by atoms with Crippen molar-refractivity contribution in [2.75, 3.05) is 6.54 Å². The zero-order valence-corrected chi connectivity index (χ0v) is 83.7. The van der Waals surface area contributed by atoms with Gasteiger partial charge in [-0.1, -0.05) is 376 Å². The Morgan fingerprint density at radius 1 is 0.279 bits per heavy atom. The summed E-state index contributed by atoms with van der Waals surface area (Å²) in [4.78, 5) is 46.9. The predicted molar refractivity (Wildman–Crippen MR) is 568 cm³/mol.